The number of fused-ring (bicyclic) bond motifs is 1. The minimum Gasteiger partial charge on any atom is -0.271 e. The molecule has 1 atom stereocenters. The first-order chi connectivity index (χ1) is 11.5. The molecule has 0 saturated heterocycles. The molecule has 2 heterocycles. The fourth-order valence-electron chi connectivity index (χ4n) is 3.13. The maximum atomic E-state index is 13.5. The third kappa shape index (κ3) is 2.33. The van der Waals surface area contributed by atoms with Crippen LogP contribution in [0.2, 0.25) is 0 Å². The van der Waals surface area contributed by atoms with E-state index in [1.54, 1.807) is 0 Å². The number of benzene rings is 2. The molecule has 1 aromatic heterocycles. The van der Waals surface area contributed by atoms with Crippen LogP contribution in [0.15, 0.2) is 47.3 Å². The number of aryl methyl sites for hydroxylation is 1. The Morgan fingerprint density at radius 1 is 0.958 bits per heavy atom. The lowest BCUT2D eigenvalue weighted by molar-refractivity contribution is 0.550. The molecule has 0 amide bonds. The molecule has 4 nitrogen and oxygen atoms in total. The van der Waals surface area contributed by atoms with Crippen LogP contribution in [0.4, 0.5) is 13.2 Å². The fraction of sp³-hybridized carbons (Fsp3) is 0.176. The summed E-state index contributed by atoms with van der Waals surface area (Å²) in [6.45, 7) is 0. The fourth-order valence-corrected chi connectivity index (χ4v) is 3.13. The zero-order chi connectivity index (χ0) is 16.8. The highest BCUT2D eigenvalue weighted by molar-refractivity contribution is 5.31. The molecule has 3 aromatic rings. The molecule has 1 aliphatic rings. The lowest BCUT2D eigenvalue weighted by Crippen LogP contribution is -2.26. The molecular formula is C17H12F3N3O. The van der Waals surface area contributed by atoms with Crippen molar-refractivity contribution in [3.05, 3.63) is 81.8 Å². The van der Waals surface area contributed by atoms with E-state index in [1.807, 2.05) is 0 Å². The van der Waals surface area contributed by atoms with Crippen LogP contribution in [0.25, 0.3) is 5.69 Å². The third-order valence-corrected chi connectivity index (χ3v) is 4.17. The van der Waals surface area contributed by atoms with E-state index >= 15 is 0 Å². The van der Waals surface area contributed by atoms with Crippen molar-refractivity contribution in [2.75, 3.05) is 0 Å². The van der Waals surface area contributed by atoms with E-state index in [0.717, 1.165) is 6.07 Å². The Balaban J connectivity index is 1.81. The molecule has 4 rings (SSSR count). The van der Waals surface area contributed by atoms with E-state index in [9.17, 15) is 18.0 Å². The highest BCUT2D eigenvalue weighted by atomic mass is 19.1. The van der Waals surface area contributed by atoms with Crippen molar-refractivity contribution in [3.8, 4) is 5.69 Å². The third-order valence-electron chi connectivity index (χ3n) is 4.17. The summed E-state index contributed by atoms with van der Waals surface area (Å²) in [5, 5.41) is 4.27. The largest absolute Gasteiger partial charge is 0.351 e. The minimum absolute atomic E-state index is 0.395. The van der Waals surface area contributed by atoms with Crippen LogP contribution >= 0.6 is 0 Å². The monoisotopic (exact) mass is 331 g/mol. The van der Waals surface area contributed by atoms with Crippen LogP contribution in [0.1, 0.15) is 23.9 Å². The number of halogens is 3. The summed E-state index contributed by atoms with van der Waals surface area (Å²) in [4.78, 5) is 12.7. The maximum Gasteiger partial charge on any atom is 0.351 e. The van der Waals surface area contributed by atoms with Crippen molar-refractivity contribution in [3.63, 3.8) is 0 Å². The van der Waals surface area contributed by atoms with Gasteiger partial charge in [-0.3, -0.25) is 4.57 Å². The normalized spacial score (nSPS) is 16.4. The number of rotatable bonds is 2. The number of hydrogen-bond donors (Lipinski definition) is 0. The predicted molar refractivity (Wildman–Crippen MR) is 80.6 cm³/mol. The van der Waals surface area contributed by atoms with Gasteiger partial charge >= 0.3 is 5.69 Å². The second-order valence-electron chi connectivity index (χ2n) is 5.71. The van der Waals surface area contributed by atoms with Crippen LogP contribution in [0.5, 0.6) is 0 Å². The van der Waals surface area contributed by atoms with Gasteiger partial charge in [-0.25, -0.2) is 18.0 Å². The topological polar surface area (TPSA) is 39.8 Å². The van der Waals surface area contributed by atoms with Gasteiger partial charge in [-0.1, -0.05) is 0 Å². The standard InChI is InChI=1S/C17H12F3N3O/c18-11-1-3-14(4-2-11)23-17(24)22-15(5-6-16(22)21-23)10-7-12(19)9-13(20)8-10/h1-4,7-9,15H,5-6H2/t15-/m0/s1. The summed E-state index contributed by atoms with van der Waals surface area (Å²) < 4.78 is 42.6. The number of aromatic nitrogens is 3. The summed E-state index contributed by atoms with van der Waals surface area (Å²) in [7, 11) is 0. The van der Waals surface area contributed by atoms with E-state index in [-0.39, 0.29) is 0 Å². The Bertz CT molecular complexity index is 955. The van der Waals surface area contributed by atoms with Gasteiger partial charge in [0.25, 0.3) is 0 Å². The lowest BCUT2D eigenvalue weighted by Gasteiger charge is -2.12. The zero-order valence-corrected chi connectivity index (χ0v) is 12.4. The molecule has 0 bridgehead atoms. The van der Waals surface area contributed by atoms with Gasteiger partial charge < -0.3 is 0 Å². The van der Waals surface area contributed by atoms with E-state index in [0.29, 0.717) is 29.9 Å². The molecule has 0 unspecified atom stereocenters. The van der Waals surface area contributed by atoms with E-state index in [4.69, 9.17) is 0 Å². The van der Waals surface area contributed by atoms with E-state index in [1.165, 1.54) is 45.6 Å². The van der Waals surface area contributed by atoms with Crippen molar-refractivity contribution < 1.29 is 13.2 Å². The zero-order valence-electron chi connectivity index (χ0n) is 12.4. The van der Waals surface area contributed by atoms with Crippen LogP contribution in [-0.4, -0.2) is 14.3 Å². The lowest BCUT2D eigenvalue weighted by atomic mass is 10.0. The molecule has 0 saturated carbocycles. The summed E-state index contributed by atoms with van der Waals surface area (Å²) in [5.74, 6) is -1.24. The van der Waals surface area contributed by atoms with Gasteiger partial charge in [0.15, 0.2) is 0 Å². The van der Waals surface area contributed by atoms with Gasteiger partial charge in [-0.15, -0.1) is 5.10 Å². The van der Waals surface area contributed by atoms with Crippen molar-refractivity contribution in [2.45, 2.75) is 18.9 Å². The van der Waals surface area contributed by atoms with Crippen LogP contribution in [0.3, 0.4) is 0 Å². The molecule has 7 heteroatoms. The first-order valence-corrected chi connectivity index (χ1v) is 7.45. The van der Waals surface area contributed by atoms with Gasteiger partial charge in [0.1, 0.15) is 23.3 Å². The Morgan fingerprint density at radius 3 is 2.29 bits per heavy atom. The second kappa shape index (κ2) is 5.36. The number of hydrogen-bond acceptors (Lipinski definition) is 2. The Morgan fingerprint density at radius 2 is 1.62 bits per heavy atom. The molecule has 0 N–H and O–H groups in total. The SMILES string of the molecule is O=c1n(-c2ccc(F)cc2)nc2n1[C@H](c1cc(F)cc(F)c1)CC2. The van der Waals surface area contributed by atoms with Crippen LogP contribution in [0, 0.1) is 17.5 Å². The van der Waals surface area contributed by atoms with Gasteiger partial charge in [0, 0.05) is 12.5 Å². The summed E-state index contributed by atoms with van der Waals surface area (Å²) in [6.07, 6.45) is 1.07. The molecule has 122 valence electrons. The quantitative estimate of drug-likeness (QED) is 0.724. The van der Waals surface area contributed by atoms with Gasteiger partial charge in [0.2, 0.25) is 0 Å². The highest BCUT2D eigenvalue weighted by Gasteiger charge is 2.29. The van der Waals surface area contributed by atoms with Crippen molar-refractivity contribution in [1.29, 1.82) is 0 Å². The molecule has 0 radical (unpaired) electrons. The van der Waals surface area contributed by atoms with Crippen LogP contribution < -0.4 is 5.69 Å². The molecule has 1 aliphatic heterocycles. The smallest absolute Gasteiger partial charge is 0.271 e. The predicted octanol–water partition coefficient (Wildman–Crippen LogP) is 2.99. The van der Waals surface area contributed by atoms with E-state index in [2.05, 4.69) is 5.10 Å². The first-order valence-electron chi connectivity index (χ1n) is 7.45. The van der Waals surface area contributed by atoms with E-state index < -0.39 is 29.2 Å². The molecule has 24 heavy (non-hydrogen) atoms. The summed E-state index contributed by atoms with van der Waals surface area (Å²) >= 11 is 0. The van der Waals surface area contributed by atoms with Gasteiger partial charge in [0.05, 0.1) is 11.7 Å². The Labute approximate surface area is 134 Å². The summed E-state index contributed by atoms with van der Waals surface area (Å²) in [6, 6.07) is 8.18. The van der Waals surface area contributed by atoms with Crippen molar-refractivity contribution in [2.24, 2.45) is 0 Å². The molecule has 0 fully saturated rings. The minimum atomic E-state index is -0.683. The molecule has 2 aromatic carbocycles. The van der Waals surface area contributed by atoms with Crippen LogP contribution in [-0.2, 0) is 6.42 Å². The maximum absolute atomic E-state index is 13.5. The Kier molecular flexibility index (Phi) is 3.30. The summed E-state index contributed by atoms with van der Waals surface area (Å²) in [5.41, 5.74) is 0.420. The first kappa shape index (κ1) is 14.7. The number of nitrogens with zero attached hydrogens (tertiary/aromatic N) is 3. The highest BCUT2D eigenvalue weighted by Crippen LogP contribution is 2.30. The molecular weight excluding hydrogens is 319 g/mol. The van der Waals surface area contributed by atoms with Gasteiger partial charge in [-0.2, -0.15) is 4.68 Å². The van der Waals surface area contributed by atoms with Crippen molar-refractivity contribution >= 4 is 0 Å². The average Bonchev–Trinajstić information content (AvgIpc) is 3.08. The second-order valence-corrected chi connectivity index (χ2v) is 5.71. The van der Waals surface area contributed by atoms with Crippen molar-refractivity contribution in [1.82, 2.24) is 14.3 Å². The molecule has 0 spiro atoms. The average molecular weight is 331 g/mol. The molecule has 0 aliphatic carbocycles. The van der Waals surface area contributed by atoms with Gasteiger partial charge in [-0.05, 0) is 48.4 Å². The Hall–Kier alpha value is -2.83.